The molecule has 0 radical (unpaired) electrons. The van der Waals surface area contributed by atoms with Gasteiger partial charge in [-0.2, -0.15) is 5.26 Å². The minimum atomic E-state index is -1.06. The largest absolute Gasteiger partial charge is 0.380 e. The van der Waals surface area contributed by atoms with Crippen molar-refractivity contribution in [1.82, 2.24) is 4.90 Å². The van der Waals surface area contributed by atoms with Gasteiger partial charge in [-0.15, -0.1) is 0 Å². The zero-order chi connectivity index (χ0) is 15.0. The number of hydrogen-bond acceptors (Lipinski definition) is 3. The van der Waals surface area contributed by atoms with Gasteiger partial charge >= 0.3 is 0 Å². The van der Waals surface area contributed by atoms with Crippen molar-refractivity contribution in [2.45, 2.75) is 50.2 Å². The molecule has 2 saturated heterocycles. The van der Waals surface area contributed by atoms with Crippen LogP contribution in [0.15, 0.2) is 12.1 Å². The van der Waals surface area contributed by atoms with Crippen LogP contribution in [0.1, 0.15) is 37.7 Å². The minimum absolute atomic E-state index is 0.165. The molecule has 0 aliphatic carbocycles. The van der Waals surface area contributed by atoms with Gasteiger partial charge in [0.25, 0.3) is 0 Å². The average Bonchev–Trinajstić information content (AvgIpc) is 2.45. The van der Waals surface area contributed by atoms with E-state index in [2.05, 4.69) is 17.3 Å². The van der Waals surface area contributed by atoms with Crippen molar-refractivity contribution in [3.63, 3.8) is 0 Å². The second kappa shape index (κ2) is 5.61. The van der Waals surface area contributed by atoms with Gasteiger partial charge in [-0.3, -0.25) is 0 Å². The standard InChI is InChI=1S/C16H19F2N3/c1-21-12-3-2-4-13(21)8-11(7-12)20-14-6-5-10(9-19)15(17)16(14)18/h5-6,11-13,20H,2-4,7-8H2,1H3. The van der Waals surface area contributed by atoms with Crippen molar-refractivity contribution in [1.29, 1.82) is 5.26 Å². The molecule has 0 amide bonds. The molecule has 2 bridgehead atoms. The Balaban J connectivity index is 1.76. The predicted molar refractivity (Wildman–Crippen MR) is 76.9 cm³/mol. The van der Waals surface area contributed by atoms with Crippen molar-refractivity contribution in [2.75, 3.05) is 12.4 Å². The van der Waals surface area contributed by atoms with Crippen LogP contribution in [0, 0.1) is 23.0 Å². The number of nitriles is 1. The van der Waals surface area contributed by atoms with Crippen molar-refractivity contribution >= 4 is 5.69 Å². The molecule has 2 aliphatic heterocycles. The Labute approximate surface area is 123 Å². The zero-order valence-corrected chi connectivity index (χ0v) is 12.1. The molecule has 2 atom stereocenters. The first-order valence-corrected chi connectivity index (χ1v) is 7.46. The molecule has 2 fully saturated rings. The lowest BCUT2D eigenvalue weighted by atomic mass is 9.82. The number of nitrogens with one attached hydrogen (secondary N) is 1. The third-order valence-electron chi connectivity index (χ3n) is 4.90. The molecule has 1 aromatic carbocycles. The highest BCUT2D eigenvalue weighted by Crippen LogP contribution is 2.34. The van der Waals surface area contributed by atoms with Crippen LogP contribution in [-0.4, -0.2) is 30.1 Å². The molecule has 3 nitrogen and oxygen atoms in total. The lowest BCUT2D eigenvalue weighted by Gasteiger charge is -2.47. The zero-order valence-electron chi connectivity index (χ0n) is 12.1. The second-order valence-electron chi connectivity index (χ2n) is 6.12. The van der Waals surface area contributed by atoms with Crippen LogP contribution in [-0.2, 0) is 0 Å². The van der Waals surface area contributed by atoms with E-state index < -0.39 is 11.6 Å². The summed E-state index contributed by atoms with van der Waals surface area (Å²) in [5.74, 6) is -2.01. The number of hydrogen-bond donors (Lipinski definition) is 1. The summed E-state index contributed by atoms with van der Waals surface area (Å²) in [6, 6.07) is 5.67. The van der Waals surface area contributed by atoms with Gasteiger partial charge in [0.2, 0.25) is 0 Å². The summed E-state index contributed by atoms with van der Waals surface area (Å²) < 4.78 is 27.6. The predicted octanol–water partition coefficient (Wildman–Crippen LogP) is 3.26. The number of piperidine rings is 2. The summed E-state index contributed by atoms with van der Waals surface area (Å²) in [7, 11) is 2.16. The van der Waals surface area contributed by atoms with Crippen LogP contribution in [0.3, 0.4) is 0 Å². The van der Waals surface area contributed by atoms with E-state index in [1.165, 1.54) is 31.4 Å². The van der Waals surface area contributed by atoms with Crippen LogP contribution >= 0.6 is 0 Å². The lowest BCUT2D eigenvalue weighted by molar-refractivity contribution is 0.0608. The van der Waals surface area contributed by atoms with Gasteiger partial charge in [0, 0.05) is 18.1 Å². The van der Waals surface area contributed by atoms with Crippen molar-refractivity contribution in [2.24, 2.45) is 0 Å². The SMILES string of the molecule is CN1C2CCCC1CC(Nc1ccc(C#N)c(F)c1F)C2. The van der Waals surface area contributed by atoms with Gasteiger partial charge in [0.1, 0.15) is 6.07 Å². The van der Waals surface area contributed by atoms with Crippen LogP contribution in [0.25, 0.3) is 0 Å². The van der Waals surface area contributed by atoms with E-state index in [4.69, 9.17) is 5.26 Å². The molecule has 1 N–H and O–H groups in total. The Kier molecular flexibility index (Phi) is 3.81. The summed E-state index contributed by atoms with van der Waals surface area (Å²) >= 11 is 0. The van der Waals surface area contributed by atoms with Gasteiger partial charge in [-0.1, -0.05) is 6.42 Å². The third-order valence-corrected chi connectivity index (χ3v) is 4.90. The highest BCUT2D eigenvalue weighted by Gasteiger charge is 2.36. The summed E-state index contributed by atoms with van der Waals surface area (Å²) in [6.45, 7) is 0. The summed E-state index contributed by atoms with van der Waals surface area (Å²) in [6.07, 6.45) is 5.51. The van der Waals surface area contributed by atoms with E-state index >= 15 is 0 Å². The van der Waals surface area contributed by atoms with E-state index in [0.717, 1.165) is 12.8 Å². The van der Waals surface area contributed by atoms with Crippen molar-refractivity contribution in [3.8, 4) is 6.07 Å². The molecular weight excluding hydrogens is 272 g/mol. The molecule has 0 aromatic heterocycles. The van der Waals surface area contributed by atoms with Gasteiger partial charge in [-0.25, -0.2) is 8.78 Å². The molecule has 2 unspecified atom stereocenters. The van der Waals surface area contributed by atoms with E-state index in [-0.39, 0.29) is 17.3 Å². The van der Waals surface area contributed by atoms with Crippen LogP contribution in [0.2, 0.25) is 0 Å². The first kappa shape index (κ1) is 14.3. The molecule has 3 rings (SSSR count). The number of benzene rings is 1. The van der Waals surface area contributed by atoms with E-state index in [9.17, 15) is 8.78 Å². The second-order valence-corrected chi connectivity index (χ2v) is 6.12. The average molecular weight is 291 g/mol. The topological polar surface area (TPSA) is 39.1 Å². The molecule has 112 valence electrons. The maximum absolute atomic E-state index is 14.0. The highest BCUT2D eigenvalue weighted by molar-refractivity contribution is 5.50. The van der Waals surface area contributed by atoms with Crippen LogP contribution in [0.4, 0.5) is 14.5 Å². The van der Waals surface area contributed by atoms with Gasteiger partial charge in [-0.05, 0) is 44.9 Å². The Hall–Kier alpha value is -1.67. The fraction of sp³-hybridized carbons (Fsp3) is 0.562. The van der Waals surface area contributed by atoms with Crippen LogP contribution in [0.5, 0.6) is 0 Å². The van der Waals surface area contributed by atoms with Gasteiger partial charge < -0.3 is 10.2 Å². The monoisotopic (exact) mass is 291 g/mol. The normalized spacial score (nSPS) is 29.0. The highest BCUT2D eigenvalue weighted by atomic mass is 19.2. The Bertz CT molecular complexity index is 568. The molecule has 5 heteroatoms. The molecule has 2 aliphatic rings. The Morgan fingerprint density at radius 1 is 1.19 bits per heavy atom. The molecule has 0 saturated carbocycles. The van der Waals surface area contributed by atoms with E-state index in [0.29, 0.717) is 12.1 Å². The van der Waals surface area contributed by atoms with Gasteiger partial charge in [0.05, 0.1) is 11.3 Å². The Morgan fingerprint density at radius 3 is 2.48 bits per heavy atom. The first-order valence-electron chi connectivity index (χ1n) is 7.46. The quantitative estimate of drug-likeness (QED) is 0.909. The van der Waals surface area contributed by atoms with E-state index in [1.54, 1.807) is 6.07 Å². The molecule has 1 aromatic rings. The summed E-state index contributed by atoms with van der Waals surface area (Å²) in [4.78, 5) is 2.43. The molecule has 0 spiro atoms. The third kappa shape index (κ3) is 2.60. The lowest BCUT2D eigenvalue weighted by Crippen LogP contribution is -2.52. The first-order chi connectivity index (χ1) is 10.1. The Morgan fingerprint density at radius 2 is 1.86 bits per heavy atom. The maximum Gasteiger partial charge on any atom is 0.183 e. The van der Waals surface area contributed by atoms with Crippen molar-refractivity contribution in [3.05, 3.63) is 29.3 Å². The van der Waals surface area contributed by atoms with Crippen LogP contribution < -0.4 is 5.32 Å². The number of anilines is 1. The summed E-state index contributed by atoms with van der Waals surface area (Å²) in [5, 5.41) is 11.9. The number of fused-ring (bicyclic) bond motifs is 2. The maximum atomic E-state index is 14.0. The minimum Gasteiger partial charge on any atom is -0.380 e. The smallest absolute Gasteiger partial charge is 0.183 e. The fourth-order valence-corrected chi connectivity index (χ4v) is 3.70. The number of halogens is 2. The van der Waals surface area contributed by atoms with Crippen molar-refractivity contribution < 1.29 is 8.78 Å². The van der Waals surface area contributed by atoms with Gasteiger partial charge in [0.15, 0.2) is 11.6 Å². The molecule has 2 heterocycles. The molecule has 21 heavy (non-hydrogen) atoms. The fourth-order valence-electron chi connectivity index (χ4n) is 3.70. The van der Waals surface area contributed by atoms with E-state index in [1.807, 2.05) is 0 Å². The number of rotatable bonds is 2. The molecular formula is C16H19F2N3. The summed E-state index contributed by atoms with van der Waals surface area (Å²) in [5.41, 5.74) is -0.0857. The number of nitrogens with zero attached hydrogens (tertiary/aromatic N) is 2.